The fraction of sp³-hybridized carbons (Fsp3) is 0.929. The molecule has 1 N–H and O–H groups in total. The van der Waals surface area contributed by atoms with Gasteiger partial charge in [-0.15, -0.1) is 0 Å². The molecule has 0 spiro atoms. The fourth-order valence-corrected chi connectivity index (χ4v) is 1.83. The van der Waals surface area contributed by atoms with Gasteiger partial charge in [-0.25, -0.2) is 0 Å². The summed E-state index contributed by atoms with van der Waals surface area (Å²) in [7, 11) is 2.09. The number of likely N-dealkylation sites (N-methyl/N-ethyl adjacent to an activating group) is 1. The topological polar surface area (TPSA) is 36.9 Å². The second-order valence-electron chi connectivity index (χ2n) is 5.58. The number of hydrogen-bond donors (Lipinski definition) is 1. The summed E-state index contributed by atoms with van der Waals surface area (Å²) in [5.74, 6) is 2.73. The highest BCUT2D eigenvalue weighted by Gasteiger charge is 2.22. The first-order valence-corrected chi connectivity index (χ1v) is 7.36. The van der Waals surface area contributed by atoms with E-state index in [0.717, 1.165) is 50.6 Å². The first-order chi connectivity index (χ1) is 8.79. The van der Waals surface area contributed by atoms with Gasteiger partial charge in [0.1, 0.15) is 0 Å². The van der Waals surface area contributed by atoms with E-state index < -0.39 is 0 Å². The lowest BCUT2D eigenvalue weighted by Gasteiger charge is -2.22. The normalized spacial score (nSPS) is 20.0. The average Bonchev–Trinajstić information content (AvgIpc) is 3.24. The second-order valence-corrected chi connectivity index (χ2v) is 5.58. The first-order valence-electron chi connectivity index (χ1n) is 7.36. The van der Waals surface area contributed by atoms with Crippen LogP contribution in [0, 0.1) is 11.8 Å². The third-order valence-electron chi connectivity index (χ3n) is 3.51. The van der Waals surface area contributed by atoms with E-state index in [1.165, 1.54) is 25.7 Å². The molecular formula is C14H27N3O. The van der Waals surface area contributed by atoms with Crippen molar-refractivity contribution in [1.82, 2.24) is 10.2 Å². The summed E-state index contributed by atoms with van der Waals surface area (Å²) in [5, 5.41) is 3.35. The predicted octanol–water partition coefficient (Wildman–Crippen LogP) is 1.72. The molecule has 0 amide bonds. The van der Waals surface area contributed by atoms with Gasteiger partial charge in [-0.3, -0.25) is 4.99 Å². The van der Waals surface area contributed by atoms with Crippen molar-refractivity contribution in [1.29, 1.82) is 0 Å². The zero-order valence-electron chi connectivity index (χ0n) is 11.8. The van der Waals surface area contributed by atoms with Gasteiger partial charge >= 0.3 is 0 Å². The van der Waals surface area contributed by atoms with Crippen molar-refractivity contribution < 1.29 is 4.74 Å². The zero-order chi connectivity index (χ0) is 12.8. The molecule has 2 aliphatic carbocycles. The fourth-order valence-electron chi connectivity index (χ4n) is 1.83. The van der Waals surface area contributed by atoms with E-state index in [-0.39, 0.29) is 0 Å². The Morgan fingerprint density at radius 2 is 2.00 bits per heavy atom. The molecule has 4 heteroatoms. The molecule has 0 aromatic carbocycles. The Labute approximate surface area is 111 Å². The number of nitrogens with one attached hydrogen (secondary N) is 1. The molecule has 2 fully saturated rings. The summed E-state index contributed by atoms with van der Waals surface area (Å²) in [5.41, 5.74) is 0. The summed E-state index contributed by atoms with van der Waals surface area (Å²) < 4.78 is 5.67. The van der Waals surface area contributed by atoms with Gasteiger partial charge in [0.15, 0.2) is 5.96 Å². The standard InChI is InChI=1S/C14H27N3O/c1-3-15-14(16-10-12-4-5-12)17(2)8-9-18-11-13-6-7-13/h12-13H,3-11H2,1-2H3,(H,15,16). The molecule has 2 aliphatic rings. The molecule has 0 heterocycles. The second kappa shape index (κ2) is 6.98. The van der Waals surface area contributed by atoms with Gasteiger partial charge in [0.2, 0.25) is 0 Å². The van der Waals surface area contributed by atoms with Gasteiger partial charge < -0.3 is 15.0 Å². The highest BCUT2D eigenvalue weighted by molar-refractivity contribution is 5.79. The van der Waals surface area contributed by atoms with E-state index in [1.54, 1.807) is 0 Å². The number of aliphatic imine (C=N–C) groups is 1. The molecule has 0 saturated heterocycles. The van der Waals surface area contributed by atoms with Crippen molar-refractivity contribution in [2.24, 2.45) is 16.8 Å². The van der Waals surface area contributed by atoms with Gasteiger partial charge in [0.05, 0.1) is 6.61 Å². The van der Waals surface area contributed by atoms with E-state index in [0.29, 0.717) is 0 Å². The molecule has 0 radical (unpaired) electrons. The van der Waals surface area contributed by atoms with Gasteiger partial charge in [-0.05, 0) is 44.4 Å². The van der Waals surface area contributed by atoms with Crippen LogP contribution < -0.4 is 5.32 Å². The number of hydrogen-bond acceptors (Lipinski definition) is 2. The molecule has 0 bridgehead atoms. The minimum absolute atomic E-state index is 0.806. The molecule has 0 aromatic rings. The molecule has 2 rings (SSSR count). The van der Waals surface area contributed by atoms with E-state index in [1.807, 2.05) is 0 Å². The van der Waals surface area contributed by atoms with Crippen molar-refractivity contribution in [3.8, 4) is 0 Å². The van der Waals surface area contributed by atoms with Crippen LogP contribution in [0.1, 0.15) is 32.6 Å². The monoisotopic (exact) mass is 253 g/mol. The quantitative estimate of drug-likeness (QED) is 0.406. The maximum absolute atomic E-state index is 5.67. The molecular weight excluding hydrogens is 226 g/mol. The lowest BCUT2D eigenvalue weighted by atomic mass is 10.4. The molecule has 0 aliphatic heterocycles. The lowest BCUT2D eigenvalue weighted by Crippen LogP contribution is -2.40. The Bertz CT molecular complexity index is 272. The SMILES string of the molecule is CCNC(=NCC1CC1)N(C)CCOCC1CC1. The van der Waals surface area contributed by atoms with Gasteiger partial charge in [-0.1, -0.05) is 0 Å². The van der Waals surface area contributed by atoms with Crippen LogP contribution in [0.5, 0.6) is 0 Å². The number of ether oxygens (including phenoxy) is 1. The van der Waals surface area contributed by atoms with Crippen molar-refractivity contribution >= 4 is 5.96 Å². The van der Waals surface area contributed by atoms with Crippen molar-refractivity contribution in [3.63, 3.8) is 0 Å². The Hall–Kier alpha value is -0.770. The van der Waals surface area contributed by atoms with Crippen LogP contribution >= 0.6 is 0 Å². The van der Waals surface area contributed by atoms with Crippen LogP contribution in [0.3, 0.4) is 0 Å². The van der Waals surface area contributed by atoms with Crippen LogP contribution in [0.2, 0.25) is 0 Å². The minimum atomic E-state index is 0.806. The maximum Gasteiger partial charge on any atom is 0.193 e. The third-order valence-corrected chi connectivity index (χ3v) is 3.51. The third kappa shape index (κ3) is 5.25. The summed E-state index contributed by atoms with van der Waals surface area (Å²) >= 11 is 0. The molecule has 0 atom stereocenters. The summed E-state index contributed by atoms with van der Waals surface area (Å²) in [6, 6.07) is 0. The van der Waals surface area contributed by atoms with E-state index in [9.17, 15) is 0 Å². The molecule has 0 unspecified atom stereocenters. The zero-order valence-corrected chi connectivity index (χ0v) is 11.8. The van der Waals surface area contributed by atoms with Crippen LogP contribution in [-0.4, -0.2) is 50.8 Å². The smallest absolute Gasteiger partial charge is 0.193 e. The van der Waals surface area contributed by atoms with E-state index in [4.69, 9.17) is 4.74 Å². The van der Waals surface area contributed by atoms with Crippen LogP contribution in [-0.2, 0) is 4.74 Å². The van der Waals surface area contributed by atoms with Crippen LogP contribution in [0.15, 0.2) is 4.99 Å². The van der Waals surface area contributed by atoms with Crippen molar-refractivity contribution in [3.05, 3.63) is 0 Å². The summed E-state index contributed by atoms with van der Waals surface area (Å²) in [6.07, 6.45) is 5.44. The average molecular weight is 253 g/mol. The lowest BCUT2D eigenvalue weighted by molar-refractivity contribution is 0.115. The number of nitrogens with zero attached hydrogens (tertiary/aromatic N) is 2. The molecule has 0 aromatic heterocycles. The highest BCUT2D eigenvalue weighted by atomic mass is 16.5. The molecule has 2 saturated carbocycles. The van der Waals surface area contributed by atoms with Gasteiger partial charge in [0.25, 0.3) is 0 Å². The molecule has 4 nitrogen and oxygen atoms in total. The van der Waals surface area contributed by atoms with Crippen molar-refractivity contribution in [2.75, 3.05) is 39.9 Å². The predicted molar refractivity (Wildman–Crippen MR) is 74.9 cm³/mol. The van der Waals surface area contributed by atoms with Crippen molar-refractivity contribution in [2.45, 2.75) is 32.6 Å². The van der Waals surface area contributed by atoms with Crippen LogP contribution in [0.4, 0.5) is 0 Å². The largest absolute Gasteiger partial charge is 0.379 e. The number of rotatable bonds is 8. The Morgan fingerprint density at radius 3 is 2.61 bits per heavy atom. The minimum Gasteiger partial charge on any atom is -0.379 e. The maximum atomic E-state index is 5.67. The molecule has 18 heavy (non-hydrogen) atoms. The Kier molecular flexibility index (Phi) is 5.29. The molecule has 104 valence electrons. The van der Waals surface area contributed by atoms with Gasteiger partial charge in [0, 0.05) is 33.3 Å². The first kappa shape index (κ1) is 13.7. The number of guanidine groups is 1. The highest BCUT2D eigenvalue weighted by Crippen LogP contribution is 2.29. The van der Waals surface area contributed by atoms with Gasteiger partial charge in [-0.2, -0.15) is 0 Å². The summed E-state index contributed by atoms with van der Waals surface area (Å²) in [6.45, 7) is 6.70. The Morgan fingerprint density at radius 1 is 1.28 bits per heavy atom. The Balaban J connectivity index is 1.63. The van der Waals surface area contributed by atoms with E-state index in [2.05, 4.69) is 29.2 Å². The van der Waals surface area contributed by atoms with Crippen LogP contribution in [0.25, 0.3) is 0 Å². The van der Waals surface area contributed by atoms with E-state index >= 15 is 0 Å². The summed E-state index contributed by atoms with van der Waals surface area (Å²) in [4.78, 5) is 6.86.